The highest BCUT2D eigenvalue weighted by atomic mass is 15.3. The van der Waals surface area contributed by atoms with Crippen LogP contribution in [0.15, 0.2) is 0 Å². The smallest absolute Gasteiger partial charge is 0.0278 e. The first kappa shape index (κ1) is 15.7. The monoisotopic (exact) mass is 294 g/mol. The molecular weight excluding hydrogens is 260 g/mol. The summed E-state index contributed by atoms with van der Waals surface area (Å²) in [6, 6.07) is 1.55. The molecule has 3 aliphatic heterocycles. The third-order valence-corrected chi connectivity index (χ3v) is 6.01. The lowest BCUT2D eigenvalue weighted by Gasteiger charge is -2.44. The van der Waals surface area contributed by atoms with Crippen molar-refractivity contribution in [2.45, 2.75) is 57.2 Å². The van der Waals surface area contributed by atoms with Crippen LogP contribution in [0.25, 0.3) is 0 Å². The van der Waals surface area contributed by atoms with Gasteiger partial charge in [-0.05, 0) is 46.7 Å². The molecule has 2 unspecified atom stereocenters. The summed E-state index contributed by atoms with van der Waals surface area (Å²) in [7, 11) is 2.23. The lowest BCUT2D eigenvalue weighted by molar-refractivity contribution is 0.0584. The molecule has 21 heavy (non-hydrogen) atoms. The largest absolute Gasteiger partial charge is 0.311 e. The van der Waals surface area contributed by atoms with Crippen molar-refractivity contribution in [1.29, 1.82) is 0 Å². The van der Waals surface area contributed by atoms with Crippen molar-refractivity contribution in [2.24, 2.45) is 0 Å². The fraction of sp³-hybridized carbons (Fsp3) is 1.00. The van der Waals surface area contributed by atoms with E-state index >= 15 is 0 Å². The minimum atomic E-state index is 0.281. The van der Waals surface area contributed by atoms with E-state index in [2.05, 4.69) is 40.9 Å². The van der Waals surface area contributed by atoms with E-state index in [1.54, 1.807) is 0 Å². The zero-order valence-corrected chi connectivity index (χ0v) is 14.3. The van der Waals surface area contributed by atoms with E-state index in [4.69, 9.17) is 0 Å². The highest BCUT2D eigenvalue weighted by molar-refractivity contribution is 4.96. The van der Waals surface area contributed by atoms with Gasteiger partial charge in [-0.3, -0.25) is 9.80 Å². The van der Waals surface area contributed by atoms with E-state index in [0.29, 0.717) is 0 Å². The molecular formula is C17H34N4. The summed E-state index contributed by atoms with van der Waals surface area (Å²) in [5.41, 5.74) is 0.281. The molecule has 0 saturated carbocycles. The fourth-order valence-electron chi connectivity index (χ4n) is 4.39. The molecule has 4 heteroatoms. The number of hydrogen-bond donors (Lipinski definition) is 1. The molecule has 0 aromatic carbocycles. The summed E-state index contributed by atoms with van der Waals surface area (Å²) in [5.74, 6) is 0. The molecule has 3 heterocycles. The van der Waals surface area contributed by atoms with Gasteiger partial charge in [0.25, 0.3) is 0 Å². The second kappa shape index (κ2) is 6.53. The highest BCUT2D eigenvalue weighted by Crippen LogP contribution is 2.27. The van der Waals surface area contributed by atoms with Crippen LogP contribution < -0.4 is 5.32 Å². The van der Waals surface area contributed by atoms with Crippen LogP contribution in [0, 0.1) is 0 Å². The van der Waals surface area contributed by atoms with Gasteiger partial charge in [0.2, 0.25) is 0 Å². The standard InChI is InChI=1S/C17H34N4/c1-17(2,21-12-10-19(3)11-13-21)14-18-15-7-9-20-8-5-4-6-16(15)20/h15-16,18H,4-14H2,1-3H3. The highest BCUT2D eigenvalue weighted by Gasteiger charge is 2.37. The lowest BCUT2D eigenvalue weighted by Crippen LogP contribution is -2.59. The average molecular weight is 294 g/mol. The van der Waals surface area contributed by atoms with E-state index in [1.807, 2.05) is 0 Å². The minimum absolute atomic E-state index is 0.281. The summed E-state index contributed by atoms with van der Waals surface area (Å²) in [6.45, 7) is 13.5. The van der Waals surface area contributed by atoms with Gasteiger partial charge in [-0.25, -0.2) is 0 Å². The second-order valence-electron chi connectivity index (χ2n) is 7.98. The Kier molecular flexibility index (Phi) is 4.89. The van der Waals surface area contributed by atoms with Crippen molar-refractivity contribution in [2.75, 3.05) is 52.9 Å². The molecule has 4 nitrogen and oxygen atoms in total. The van der Waals surface area contributed by atoms with Gasteiger partial charge in [-0.1, -0.05) is 6.42 Å². The number of nitrogens with one attached hydrogen (secondary N) is 1. The summed E-state index contributed by atoms with van der Waals surface area (Å²) >= 11 is 0. The molecule has 0 spiro atoms. The van der Waals surface area contributed by atoms with Gasteiger partial charge < -0.3 is 10.2 Å². The molecule has 0 aromatic rings. The predicted molar refractivity (Wildman–Crippen MR) is 88.8 cm³/mol. The number of piperidine rings is 1. The Morgan fingerprint density at radius 3 is 2.48 bits per heavy atom. The van der Waals surface area contributed by atoms with Crippen LogP contribution in [0.3, 0.4) is 0 Å². The molecule has 0 bridgehead atoms. The maximum Gasteiger partial charge on any atom is 0.0278 e. The quantitative estimate of drug-likeness (QED) is 0.842. The van der Waals surface area contributed by atoms with Crippen molar-refractivity contribution < 1.29 is 0 Å². The molecule has 0 aliphatic carbocycles. The first-order valence-corrected chi connectivity index (χ1v) is 8.97. The first-order chi connectivity index (χ1) is 10.1. The molecule has 3 rings (SSSR count). The summed E-state index contributed by atoms with van der Waals surface area (Å²) in [5, 5.41) is 3.93. The van der Waals surface area contributed by atoms with Crippen molar-refractivity contribution in [3.8, 4) is 0 Å². The Morgan fingerprint density at radius 2 is 1.71 bits per heavy atom. The average Bonchev–Trinajstić information content (AvgIpc) is 2.89. The number of nitrogens with zero attached hydrogens (tertiary/aromatic N) is 3. The Labute approximate surface area is 130 Å². The molecule has 2 atom stereocenters. The Balaban J connectivity index is 1.49. The van der Waals surface area contributed by atoms with Crippen LogP contribution in [0.5, 0.6) is 0 Å². The van der Waals surface area contributed by atoms with E-state index < -0.39 is 0 Å². The number of fused-ring (bicyclic) bond motifs is 1. The normalized spacial score (nSPS) is 33.3. The third-order valence-electron chi connectivity index (χ3n) is 6.01. The molecule has 0 aromatic heterocycles. The Bertz CT molecular complexity index is 336. The van der Waals surface area contributed by atoms with Crippen LogP contribution in [0.2, 0.25) is 0 Å². The maximum atomic E-state index is 3.93. The van der Waals surface area contributed by atoms with Crippen molar-refractivity contribution in [3.63, 3.8) is 0 Å². The molecule has 3 saturated heterocycles. The van der Waals surface area contributed by atoms with Crippen LogP contribution >= 0.6 is 0 Å². The third kappa shape index (κ3) is 3.61. The summed E-state index contributed by atoms with van der Waals surface area (Å²) < 4.78 is 0. The van der Waals surface area contributed by atoms with Crippen LogP contribution in [0.1, 0.15) is 39.5 Å². The lowest BCUT2D eigenvalue weighted by atomic mass is 9.96. The number of hydrogen-bond acceptors (Lipinski definition) is 4. The molecule has 3 aliphatic rings. The van der Waals surface area contributed by atoms with Gasteiger partial charge >= 0.3 is 0 Å². The van der Waals surface area contributed by atoms with Gasteiger partial charge in [-0.15, -0.1) is 0 Å². The molecule has 122 valence electrons. The Hall–Kier alpha value is -0.160. The zero-order chi connectivity index (χ0) is 14.9. The van der Waals surface area contributed by atoms with Gasteiger partial charge in [-0.2, -0.15) is 0 Å². The van der Waals surface area contributed by atoms with Gasteiger partial charge in [0.1, 0.15) is 0 Å². The van der Waals surface area contributed by atoms with Gasteiger partial charge in [0.15, 0.2) is 0 Å². The zero-order valence-electron chi connectivity index (χ0n) is 14.3. The topological polar surface area (TPSA) is 21.8 Å². The van der Waals surface area contributed by atoms with E-state index in [0.717, 1.165) is 18.6 Å². The molecule has 1 N–H and O–H groups in total. The molecule has 3 fully saturated rings. The van der Waals surface area contributed by atoms with Crippen molar-refractivity contribution >= 4 is 0 Å². The number of rotatable bonds is 4. The predicted octanol–water partition coefficient (Wildman–Crippen LogP) is 1.23. The first-order valence-electron chi connectivity index (χ1n) is 8.97. The van der Waals surface area contributed by atoms with Gasteiger partial charge in [0.05, 0.1) is 0 Å². The SMILES string of the molecule is CN1CCN(C(C)(C)CNC2CCN3CCCCC23)CC1. The summed E-state index contributed by atoms with van der Waals surface area (Å²) in [4.78, 5) is 7.84. The number of likely N-dealkylation sites (N-methyl/N-ethyl adjacent to an activating group) is 1. The van der Waals surface area contributed by atoms with Crippen molar-refractivity contribution in [1.82, 2.24) is 20.0 Å². The molecule has 0 radical (unpaired) electrons. The van der Waals surface area contributed by atoms with Crippen LogP contribution in [0.4, 0.5) is 0 Å². The van der Waals surface area contributed by atoms with E-state index in [9.17, 15) is 0 Å². The molecule has 0 amide bonds. The van der Waals surface area contributed by atoms with E-state index in [1.165, 1.54) is 65.0 Å². The maximum absolute atomic E-state index is 3.93. The van der Waals surface area contributed by atoms with Crippen LogP contribution in [-0.4, -0.2) is 85.2 Å². The number of piperazine rings is 1. The second-order valence-corrected chi connectivity index (χ2v) is 7.98. The van der Waals surface area contributed by atoms with Crippen LogP contribution in [-0.2, 0) is 0 Å². The van der Waals surface area contributed by atoms with E-state index in [-0.39, 0.29) is 5.54 Å². The van der Waals surface area contributed by atoms with Gasteiger partial charge in [0, 0.05) is 56.9 Å². The van der Waals surface area contributed by atoms with Crippen molar-refractivity contribution in [3.05, 3.63) is 0 Å². The Morgan fingerprint density at radius 1 is 0.952 bits per heavy atom. The fourth-order valence-corrected chi connectivity index (χ4v) is 4.39. The minimum Gasteiger partial charge on any atom is -0.311 e. The summed E-state index contributed by atoms with van der Waals surface area (Å²) in [6.07, 6.45) is 5.60.